The van der Waals surface area contributed by atoms with Crippen LogP contribution in [0.25, 0.3) is 0 Å². The average Bonchev–Trinajstić information content (AvgIpc) is 2.45. The molecule has 2 heterocycles. The van der Waals surface area contributed by atoms with Gasteiger partial charge in [0, 0.05) is 25.8 Å². The van der Waals surface area contributed by atoms with E-state index in [1.165, 1.54) is 0 Å². The van der Waals surface area contributed by atoms with Crippen LogP contribution in [0.3, 0.4) is 0 Å². The molecule has 1 saturated heterocycles. The number of carbonyl (C=O) groups excluding carboxylic acids is 1. The fraction of sp³-hybridized carbons (Fsp3) is 0.647. The Morgan fingerprint density at radius 1 is 1.45 bits per heavy atom. The molecule has 122 valence electrons. The number of pyridine rings is 1. The largest absolute Gasteiger partial charge is 0.444 e. The summed E-state index contributed by atoms with van der Waals surface area (Å²) in [6.45, 7) is 10.1. The first-order valence-electron chi connectivity index (χ1n) is 7.98. The number of hydrogen-bond donors (Lipinski definition) is 1. The van der Waals surface area contributed by atoms with Crippen LogP contribution in [0.1, 0.15) is 39.2 Å². The van der Waals surface area contributed by atoms with Gasteiger partial charge in [-0.15, -0.1) is 0 Å². The zero-order valence-corrected chi connectivity index (χ0v) is 14.1. The molecule has 0 saturated carbocycles. The van der Waals surface area contributed by atoms with Gasteiger partial charge in [0.25, 0.3) is 0 Å². The van der Waals surface area contributed by atoms with Gasteiger partial charge in [-0.05, 0) is 58.1 Å². The molecule has 0 aromatic carbocycles. The van der Waals surface area contributed by atoms with Crippen LogP contribution in [0.4, 0.5) is 10.6 Å². The van der Waals surface area contributed by atoms with E-state index in [0.717, 1.165) is 43.9 Å². The Morgan fingerprint density at radius 3 is 2.86 bits per heavy atom. The second kappa shape index (κ2) is 6.99. The number of likely N-dealkylation sites (tertiary alicyclic amines) is 1. The summed E-state index contributed by atoms with van der Waals surface area (Å²) in [6.07, 6.45) is 3.80. The van der Waals surface area contributed by atoms with Crippen molar-refractivity contribution in [2.45, 2.75) is 46.1 Å². The minimum atomic E-state index is -0.436. The molecule has 1 fully saturated rings. The number of aryl methyl sites for hydroxylation is 1. The van der Waals surface area contributed by atoms with Crippen LogP contribution in [0, 0.1) is 12.8 Å². The molecule has 0 unspecified atom stereocenters. The second-order valence-electron chi connectivity index (χ2n) is 7.04. The van der Waals surface area contributed by atoms with E-state index >= 15 is 0 Å². The van der Waals surface area contributed by atoms with Crippen LogP contribution in [0.2, 0.25) is 0 Å². The van der Waals surface area contributed by atoms with Crippen LogP contribution in [0.5, 0.6) is 0 Å². The lowest BCUT2D eigenvalue weighted by molar-refractivity contribution is 0.0172. The maximum atomic E-state index is 12.1. The van der Waals surface area contributed by atoms with Crippen molar-refractivity contribution in [1.82, 2.24) is 9.88 Å². The summed E-state index contributed by atoms with van der Waals surface area (Å²) in [5, 5.41) is 3.36. The van der Waals surface area contributed by atoms with E-state index in [9.17, 15) is 4.79 Å². The van der Waals surface area contributed by atoms with Crippen molar-refractivity contribution in [2.75, 3.05) is 25.0 Å². The van der Waals surface area contributed by atoms with Crippen molar-refractivity contribution < 1.29 is 9.53 Å². The molecule has 0 bridgehead atoms. The van der Waals surface area contributed by atoms with Gasteiger partial charge in [-0.25, -0.2) is 9.78 Å². The van der Waals surface area contributed by atoms with E-state index in [1.807, 2.05) is 50.9 Å². The minimum absolute atomic E-state index is 0.203. The molecular formula is C17H27N3O2. The number of piperidine rings is 1. The third kappa shape index (κ3) is 5.20. The summed E-state index contributed by atoms with van der Waals surface area (Å²) >= 11 is 0. The number of carbonyl (C=O) groups is 1. The molecule has 5 heteroatoms. The molecular weight excluding hydrogens is 278 g/mol. The number of nitrogens with zero attached hydrogens (tertiary/aromatic N) is 2. The van der Waals surface area contributed by atoms with Gasteiger partial charge < -0.3 is 15.0 Å². The predicted octanol–water partition coefficient (Wildman–Crippen LogP) is 3.45. The van der Waals surface area contributed by atoms with E-state index in [1.54, 1.807) is 0 Å². The highest BCUT2D eigenvalue weighted by molar-refractivity contribution is 5.68. The summed E-state index contributed by atoms with van der Waals surface area (Å²) in [7, 11) is 0. The highest BCUT2D eigenvalue weighted by Crippen LogP contribution is 2.19. The minimum Gasteiger partial charge on any atom is -0.444 e. The molecule has 1 N–H and O–H groups in total. The molecule has 22 heavy (non-hydrogen) atoms. The first kappa shape index (κ1) is 16.6. The standard InChI is InChI=1S/C17H27N3O2/c1-13-7-8-15(18-10-13)19-11-14-6-5-9-20(12-14)16(21)22-17(2,3)4/h7-8,10,14H,5-6,9,11-12H2,1-4H3,(H,18,19)/t14-/m0/s1. The average molecular weight is 305 g/mol. The molecule has 1 aromatic rings. The molecule has 1 aliphatic rings. The number of ether oxygens (including phenoxy) is 1. The van der Waals surface area contributed by atoms with E-state index in [2.05, 4.69) is 10.3 Å². The number of hydrogen-bond acceptors (Lipinski definition) is 4. The third-order valence-electron chi connectivity index (χ3n) is 3.65. The van der Waals surface area contributed by atoms with Crippen LogP contribution in [-0.2, 0) is 4.74 Å². The quantitative estimate of drug-likeness (QED) is 0.929. The molecule has 1 amide bonds. The van der Waals surface area contributed by atoms with Gasteiger partial charge in [0.2, 0.25) is 0 Å². The summed E-state index contributed by atoms with van der Waals surface area (Å²) < 4.78 is 5.46. The van der Waals surface area contributed by atoms with Crippen molar-refractivity contribution in [3.8, 4) is 0 Å². The second-order valence-corrected chi connectivity index (χ2v) is 7.04. The van der Waals surface area contributed by atoms with Crippen LogP contribution < -0.4 is 5.32 Å². The van der Waals surface area contributed by atoms with Crippen LogP contribution >= 0.6 is 0 Å². The Bertz CT molecular complexity index is 494. The molecule has 5 nitrogen and oxygen atoms in total. The fourth-order valence-electron chi connectivity index (χ4n) is 2.55. The van der Waals surface area contributed by atoms with Gasteiger partial charge in [-0.1, -0.05) is 6.07 Å². The zero-order valence-electron chi connectivity index (χ0n) is 14.1. The monoisotopic (exact) mass is 305 g/mol. The zero-order chi connectivity index (χ0) is 16.2. The third-order valence-corrected chi connectivity index (χ3v) is 3.65. The highest BCUT2D eigenvalue weighted by Gasteiger charge is 2.27. The number of aromatic nitrogens is 1. The molecule has 0 spiro atoms. The molecule has 1 atom stereocenters. The lowest BCUT2D eigenvalue weighted by Crippen LogP contribution is -2.44. The van der Waals surface area contributed by atoms with Crippen molar-refractivity contribution in [1.29, 1.82) is 0 Å². The fourth-order valence-corrected chi connectivity index (χ4v) is 2.55. The highest BCUT2D eigenvalue weighted by atomic mass is 16.6. The Hall–Kier alpha value is -1.78. The molecule has 0 aliphatic carbocycles. The summed E-state index contributed by atoms with van der Waals surface area (Å²) in [5.41, 5.74) is 0.716. The topological polar surface area (TPSA) is 54.5 Å². The normalized spacial score (nSPS) is 18.9. The van der Waals surface area contributed by atoms with Crippen LogP contribution in [-0.4, -0.2) is 41.2 Å². The first-order valence-corrected chi connectivity index (χ1v) is 7.98. The smallest absolute Gasteiger partial charge is 0.410 e. The summed E-state index contributed by atoms with van der Waals surface area (Å²) in [5.74, 6) is 1.32. The number of amides is 1. The van der Waals surface area contributed by atoms with Gasteiger partial charge in [0.05, 0.1) is 0 Å². The molecule has 1 aromatic heterocycles. The van der Waals surface area contributed by atoms with Crippen molar-refractivity contribution >= 4 is 11.9 Å². The van der Waals surface area contributed by atoms with E-state index in [4.69, 9.17) is 4.74 Å². The lowest BCUT2D eigenvalue weighted by atomic mass is 9.98. The number of nitrogens with one attached hydrogen (secondary N) is 1. The van der Waals surface area contributed by atoms with E-state index in [0.29, 0.717) is 5.92 Å². The van der Waals surface area contributed by atoms with Crippen molar-refractivity contribution in [3.05, 3.63) is 23.9 Å². The molecule has 2 rings (SSSR count). The maximum absolute atomic E-state index is 12.1. The predicted molar refractivity (Wildman–Crippen MR) is 88.0 cm³/mol. The Labute approximate surface area is 133 Å². The molecule has 1 aliphatic heterocycles. The van der Waals surface area contributed by atoms with Crippen LogP contribution in [0.15, 0.2) is 18.3 Å². The summed E-state index contributed by atoms with van der Waals surface area (Å²) in [6, 6.07) is 4.03. The Balaban J connectivity index is 1.82. The van der Waals surface area contributed by atoms with E-state index < -0.39 is 5.60 Å². The lowest BCUT2D eigenvalue weighted by Gasteiger charge is -2.34. The van der Waals surface area contributed by atoms with Gasteiger partial charge >= 0.3 is 6.09 Å². The number of rotatable bonds is 3. The van der Waals surface area contributed by atoms with Gasteiger partial charge in [-0.3, -0.25) is 0 Å². The number of anilines is 1. The maximum Gasteiger partial charge on any atom is 0.410 e. The molecule has 0 radical (unpaired) electrons. The van der Waals surface area contributed by atoms with Gasteiger partial charge in [-0.2, -0.15) is 0 Å². The SMILES string of the molecule is Cc1ccc(NC[C@@H]2CCCN(C(=O)OC(C)(C)C)C2)nc1. The van der Waals surface area contributed by atoms with E-state index in [-0.39, 0.29) is 6.09 Å². The van der Waals surface area contributed by atoms with Crippen molar-refractivity contribution in [2.24, 2.45) is 5.92 Å². The van der Waals surface area contributed by atoms with Crippen molar-refractivity contribution in [3.63, 3.8) is 0 Å². The Kier molecular flexibility index (Phi) is 5.27. The summed E-state index contributed by atoms with van der Waals surface area (Å²) in [4.78, 5) is 18.3. The Morgan fingerprint density at radius 2 is 2.23 bits per heavy atom. The first-order chi connectivity index (χ1) is 10.3. The van der Waals surface area contributed by atoms with Gasteiger partial charge in [0.1, 0.15) is 11.4 Å². The van der Waals surface area contributed by atoms with Gasteiger partial charge in [0.15, 0.2) is 0 Å².